The van der Waals surface area contributed by atoms with E-state index in [0.29, 0.717) is 11.1 Å². The molecule has 0 atom stereocenters. The molecule has 102 valence electrons. The summed E-state index contributed by atoms with van der Waals surface area (Å²) < 4.78 is 5.58. The minimum Gasteiger partial charge on any atom is -0.508 e. The fourth-order valence-electron chi connectivity index (χ4n) is 2.09. The second kappa shape index (κ2) is 4.73. The van der Waals surface area contributed by atoms with Crippen LogP contribution < -0.4 is 5.43 Å². The molecule has 0 aliphatic carbocycles. The van der Waals surface area contributed by atoms with Gasteiger partial charge in [-0.25, -0.2) is 0 Å². The SMILES string of the molecule is C#Cc1ccc(-c2oc3ccc(O)cc3c(=O)c2O)cc1. The lowest BCUT2D eigenvalue weighted by Crippen LogP contribution is -2.02. The van der Waals surface area contributed by atoms with E-state index in [1.807, 2.05) is 0 Å². The lowest BCUT2D eigenvalue weighted by Gasteiger charge is -2.06. The summed E-state index contributed by atoms with van der Waals surface area (Å²) in [4.78, 5) is 12.1. The molecule has 0 spiro atoms. The van der Waals surface area contributed by atoms with Crippen LogP contribution in [0.25, 0.3) is 22.3 Å². The van der Waals surface area contributed by atoms with Crippen LogP contribution in [-0.2, 0) is 0 Å². The molecule has 2 aromatic carbocycles. The summed E-state index contributed by atoms with van der Waals surface area (Å²) >= 11 is 0. The molecular formula is C17H10O4. The van der Waals surface area contributed by atoms with Gasteiger partial charge in [0, 0.05) is 11.1 Å². The van der Waals surface area contributed by atoms with Crippen LogP contribution in [0.2, 0.25) is 0 Å². The zero-order valence-corrected chi connectivity index (χ0v) is 10.8. The van der Waals surface area contributed by atoms with Gasteiger partial charge in [0.25, 0.3) is 0 Å². The predicted molar refractivity (Wildman–Crippen MR) is 79.2 cm³/mol. The molecule has 0 unspecified atom stereocenters. The van der Waals surface area contributed by atoms with Crippen molar-refractivity contribution >= 4 is 11.0 Å². The first kappa shape index (κ1) is 12.8. The van der Waals surface area contributed by atoms with E-state index in [4.69, 9.17) is 10.8 Å². The summed E-state index contributed by atoms with van der Waals surface area (Å²) in [6.07, 6.45) is 5.28. The van der Waals surface area contributed by atoms with Gasteiger partial charge < -0.3 is 14.6 Å². The highest BCUT2D eigenvalue weighted by Crippen LogP contribution is 2.31. The second-order valence-electron chi connectivity index (χ2n) is 4.51. The van der Waals surface area contributed by atoms with Gasteiger partial charge in [0.05, 0.1) is 5.39 Å². The third-order valence-corrected chi connectivity index (χ3v) is 3.16. The quantitative estimate of drug-likeness (QED) is 0.671. The van der Waals surface area contributed by atoms with Crippen molar-refractivity contribution in [3.05, 3.63) is 58.3 Å². The van der Waals surface area contributed by atoms with Crippen LogP contribution in [0.3, 0.4) is 0 Å². The molecule has 3 rings (SSSR count). The van der Waals surface area contributed by atoms with Crippen LogP contribution in [-0.4, -0.2) is 10.2 Å². The van der Waals surface area contributed by atoms with Crippen LogP contribution in [0.5, 0.6) is 11.5 Å². The Morgan fingerprint density at radius 2 is 1.76 bits per heavy atom. The van der Waals surface area contributed by atoms with Crippen LogP contribution >= 0.6 is 0 Å². The fraction of sp³-hybridized carbons (Fsp3) is 0. The van der Waals surface area contributed by atoms with Crippen molar-refractivity contribution in [2.75, 3.05) is 0 Å². The number of phenols is 1. The summed E-state index contributed by atoms with van der Waals surface area (Å²) in [6, 6.07) is 10.9. The number of aromatic hydroxyl groups is 2. The Balaban J connectivity index is 2.28. The summed E-state index contributed by atoms with van der Waals surface area (Å²) in [5.74, 6) is 1.99. The van der Waals surface area contributed by atoms with Gasteiger partial charge in [-0.1, -0.05) is 5.92 Å². The Hall–Kier alpha value is -3.19. The van der Waals surface area contributed by atoms with E-state index >= 15 is 0 Å². The number of rotatable bonds is 1. The van der Waals surface area contributed by atoms with Crippen LogP contribution in [0.15, 0.2) is 51.7 Å². The van der Waals surface area contributed by atoms with Crippen molar-refractivity contribution in [3.8, 4) is 35.2 Å². The Kier molecular flexibility index (Phi) is 2.89. The lowest BCUT2D eigenvalue weighted by molar-refractivity contribution is 0.448. The standard InChI is InChI=1S/C17H10O4/c1-2-10-3-5-11(6-4-10)17-16(20)15(19)13-9-12(18)7-8-14(13)21-17/h1,3-9,18,20H. The lowest BCUT2D eigenvalue weighted by atomic mass is 10.1. The molecule has 2 N–H and O–H groups in total. The van der Waals surface area contributed by atoms with Crippen molar-refractivity contribution in [1.82, 2.24) is 0 Å². The van der Waals surface area contributed by atoms with Crippen LogP contribution in [0, 0.1) is 12.3 Å². The maximum absolute atomic E-state index is 12.1. The van der Waals surface area contributed by atoms with Gasteiger partial charge in [-0.3, -0.25) is 4.79 Å². The molecule has 4 heteroatoms. The maximum Gasteiger partial charge on any atom is 0.235 e. The number of hydrogen-bond acceptors (Lipinski definition) is 4. The van der Waals surface area contributed by atoms with Gasteiger partial charge in [-0.2, -0.15) is 0 Å². The molecule has 0 radical (unpaired) electrons. The van der Waals surface area contributed by atoms with E-state index in [9.17, 15) is 15.0 Å². The van der Waals surface area contributed by atoms with E-state index in [1.54, 1.807) is 24.3 Å². The molecule has 0 saturated carbocycles. The molecule has 0 aliphatic rings. The van der Waals surface area contributed by atoms with Crippen molar-refractivity contribution in [2.24, 2.45) is 0 Å². The van der Waals surface area contributed by atoms with Crippen molar-refractivity contribution in [1.29, 1.82) is 0 Å². The van der Waals surface area contributed by atoms with Crippen LogP contribution in [0.4, 0.5) is 0 Å². The minimum atomic E-state index is -0.594. The third kappa shape index (κ3) is 2.11. The van der Waals surface area contributed by atoms with Gasteiger partial charge in [-0.15, -0.1) is 6.42 Å². The Morgan fingerprint density at radius 1 is 1.05 bits per heavy atom. The van der Waals surface area contributed by atoms with E-state index in [0.717, 1.165) is 0 Å². The molecule has 0 aliphatic heterocycles. The zero-order chi connectivity index (χ0) is 15.0. The van der Waals surface area contributed by atoms with E-state index in [1.165, 1.54) is 18.2 Å². The monoisotopic (exact) mass is 278 g/mol. The number of phenolic OH excluding ortho intramolecular Hbond substituents is 1. The van der Waals surface area contributed by atoms with Crippen molar-refractivity contribution < 1.29 is 14.6 Å². The van der Waals surface area contributed by atoms with E-state index in [2.05, 4.69) is 5.92 Å². The fourth-order valence-corrected chi connectivity index (χ4v) is 2.09. The first-order valence-electron chi connectivity index (χ1n) is 6.16. The summed E-state index contributed by atoms with van der Waals surface area (Å²) in [7, 11) is 0. The van der Waals surface area contributed by atoms with Gasteiger partial charge in [-0.05, 0) is 42.5 Å². The predicted octanol–water partition coefficient (Wildman–Crippen LogP) is 2.85. The highest BCUT2D eigenvalue weighted by Gasteiger charge is 2.15. The van der Waals surface area contributed by atoms with Gasteiger partial charge in [0.2, 0.25) is 11.2 Å². The maximum atomic E-state index is 12.1. The van der Waals surface area contributed by atoms with E-state index < -0.39 is 11.2 Å². The first-order valence-corrected chi connectivity index (χ1v) is 6.16. The number of fused-ring (bicyclic) bond motifs is 1. The number of benzene rings is 2. The molecule has 1 heterocycles. The van der Waals surface area contributed by atoms with Crippen LogP contribution in [0.1, 0.15) is 5.56 Å². The van der Waals surface area contributed by atoms with Crippen molar-refractivity contribution in [3.63, 3.8) is 0 Å². The molecular weight excluding hydrogens is 268 g/mol. The number of hydrogen-bond donors (Lipinski definition) is 2. The molecule has 3 aromatic rings. The smallest absolute Gasteiger partial charge is 0.235 e. The van der Waals surface area contributed by atoms with E-state index in [-0.39, 0.29) is 22.5 Å². The normalized spacial score (nSPS) is 10.4. The molecule has 0 fully saturated rings. The summed E-state index contributed by atoms with van der Waals surface area (Å²) in [5.41, 5.74) is 0.916. The minimum absolute atomic E-state index is 0.0691. The largest absolute Gasteiger partial charge is 0.508 e. The van der Waals surface area contributed by atoms with Crippen molar-refractivity contribution in [2.45, 2.75) is 0 Å². The molecule has 4 nitrogen and oxygen atoms in total. The summed E-state index contributed by atoms with van der Waals surface area (Å²) in [5, 5.41) is 19.6. The Labute approximate surface area is 119 Å². The molecule has 21 heavy (non-hydrogen) atoms. The summed E-state index contributed by atoms with van der Waals surface area (Å²) in [6.45, 7) is 0. The Bertz CT molecular complexity index is 928. The molecule has 0 bridgehead atoms. The number of terminal acetylenes is 1. The first-order chi connectivity index (χ1) is 10.1. The average molecular weight is 278 g/mol. The van der Waals surface area contributed by atoms with Gasteiger partial charge >= 0.3 is 0 Å². The highest BCUT2D eigenvalue weighted by molar-refractivity contribution is 5.83. The Morgan fingerprint density at radius 3 is 2.43 bits per heavy atom. The topological polar surface area (TPSA) is 70.7 Å². The third-order valence-electron chi connectivity index (χ3n) is 3.16. The molecule has 0 amide bonds. The van der Waals surface area contributed by atoms with Gasteiger partial charge in [0.15, 0.2) is 5.76 Å². The highest BCUT2D eigenvalue weighted by atomic mass is 16.4. The zero-order valence-electron chi connectivity index (χ0n) is 10.8. The average Bonchev–Trinajstić information content (AvgIpc) is 2.51. The molecule has 1 aromatic heterocycles. The second-order valence-corrected chi connectivity index (χ2v) is 4.51. The van der Waals surface area contributed by atoms with Gasteiger partial charge in [0.1, 0.15) is 11.3 Å². The molecule has 0 saturated heterocycles.